The minimum Gasteiger partial charge on any atom is -0.456 e. The molecule has 0 bridgehead atoms. The fourth-order valence-electron chi connectivity index (χ4n) is 9.70. The van der Waals surface area contributed by atoms with Crippen LogP contribution in [0.2, 0.25) is 0 Å². The van der Waals surface area contributed by atoms with Crippen molar-refractivity contribution in [3.63, 3.8) is 0 Å². The first-order valence-electron chi connectivity index (χ1n) is 20.5. The molecule has 1 aliphatic carbocycles. The maximum absolute atomic E-state index is 6.24. The fourth-order valence-corrected chi connectivity index (χ4v) is 9.70. The molecule has 0 saturated carbocycles. The van der Waals surface area contributed by atoms with Gasteiger partial charge in [0.15, 0.2) is 17.5 Å². The summed E-state index contributed by atoms with van der Waals surface area (Å²) in [5.41, 5.74) is 14.6. The lowest BCUT2D eigenvalue weighted by molar-refractivity contribution is 0.666. The zero-order valence-electron chi connectivity index (χ0n) is 33.1. The van der Waals surface area contributed by atoms with Gasteiger partial charge in [-0.1, -0.05) is 184 Å². The lowest BCUT2D eigenvalue weighted by Gasteiger charge is -2.23. The van der Waals surface area contributed by atoms with Gasteiger partial charge in [-0.2, -0.15) is 0 Å². The van der Waals surface area contributed by atoms with Crippen LogP contribution in [0.4, 0.5) is 0 Å². The Morgan fingerprint density at radius 3 is 1.72 bits per heavy atom. The van der Waals surface area contributed by atoms with Crippen molar-refractivity contribution in [2.24, 2.45) is 0 Å². The summed E-state index contributed by atoms with van der Waals surface area (Å²) in [6.07, 6.45) is 0. The summed E-state index contributed by atoms with van der Waals surface area (Å²) < 4.78 is 6.24. The van der Waals surface area contributed by atoms with Gasteiger partial charge in [-0.3, -0.25) is 0 Å². The van der Waals surface area contributed by atoms with Gasteiger partial charge in [-0.15, -0.1) is 0 Å². The number of rotatable bonds is 5. The van der Waals surface area contributed by atoms with Gasteiger partial charge in [0.2, 0.25) is 0 Å². The Labute approximate surface area is 347 Å². The topological polar surface area (TPSA) is 51.8 Å². The maximum Gasteiger partial charge on any atom is 0.164 e. The molecule has 0 amide bonds. The van der Waals surface area contributed by atoms with E-state index < -0.39 is 0 Å². The van der Waals surface area contributed by atoms with Crippen molar-refractivity contribution >= 4 is 43.5 Å². The van der Waals surface area contributed by atoms with E-state index in [9.17, 15) is 0 Å². The average Bonchev–Trinajstić information content (AvgIpc) is 3.81. The first-order valence-corrected chi connectivity index (χ1v) is 20.5. The van der Waals surface area contributed by atoms with Crippen LogP contribution in [0.3, 0.4) is 0 Å². The second kappa shape index (κ2) is 13.2. The van der Waals surface area contributed by atoms with E-state index in [1.807, 2.05) is 60.7 Å². The van der Waals surface area contributed by atoms with Crippen molar-refractivity contribution in [1.29, 1.82) is 0 Å². The number of para-hydroxylation sites is 1. The van der Waals surface area contributed by atoms with E-state index in [1.165, 1.54) is 60.5 Å². The quantitative estimate of drug-likeness (QED) is 0.175. The van der Waals surface area contributed by atoms with E-state index in [0.717, 1.165) is 44.2 Å². The van der Waals surface area contributed by atoms with Gasteiger partial charge in [0.1, 0.15) is 11.2 Å². The Balaban J connectivity index is 0.935. The maximum atomic E-state index is 6.24. The zero-order valence-corrected chi connectivity index (χ0v) is 33.1. The van der Waals surface area contributed by atoms with Crippen molar-refractivity contribution in [3.05, 3.63) is 199 Å². The highest BCUT2D eigenvalue weighted by Gasteiger charge is 2.36. The lowest BCUT2D eigenvalue weighted by atomic mass is 9.80. The molecule has 0 spiro atoms. The molecule has 0 N–H and O–H groups in total. The summed E-state index contributed by atoms with van der Waals surface area (Å²) in [5, 5.41) is 7.06. The number of hydrogen-bond acceptors (Lipinski definition) is 4. The van der Waals surface area contributed by atoms with Crippen LogP contribution in [0.5, 0.6) is 0 Å². The largest absolute Gasteiger partial charge is 0.456 e. The van der Waals surface area contributed by atoms with Crippen LogP contribution in [0.25, 0.3) is 111 Å². The number of hydrogen-bond donors (Lipinski definition) is 0. The SMILES string of the molecule is CC1(C)c2ccccc2-c2ccc3cc(-c4ccc(-c5ccc(-c6nc(-c7ccccc7)nc(-c7cccc8oc9ccccc9c78)n6)cc5)c5ccccc45)ccc3c21. The predicted octanol–water partition coefficient (Wildman–Crippen LogP) is 14.7. The van der Waals surface area contributed by atoms with Crippen molar-refractivity contribution in [1.82, 2.24) is 15.0 Å². The van der Waals surface area contributed by atoms with Gasteiger partial charge in [-0.05, 0) is 84.3 Å². The van der Waals surface area contributed by atoms with Crippen molar-refractivity contribution in [2.45, 2.75) is 19.3 Å². The molecule has 0 fully saturated rings. The summed E-state index contributed by atoms with van der Waals surface area (Å²) in [4.78, 5) is 15.2. The molecule has 0 saturated heterocycles. The number of nitrogens with zero attached hydrogens (tertiary/aromatic N) is 3. The first-order chi connectivity index (χ1) is 29.5. The van der Waals surface area contributed by atoms with Gasteiger partial charge in [0, 0.05) is 32.9 Å². The monoisotopic (exact) mass is 767 g/mol. The van der Waals surface area contributed by atoms with Crippen LogP contribution in [-0.2, 0) is 5.41 Å². The van der Waals surface area contributed by atoms with Crippen LogP contribution in [0, 0.1) is 0 Å². The summed E-state index contributed by atoms with van der Waals surface area (Å²) >= 11 is 0. The molecule has 0 aliphatic heterocycles. The third-order valence-electron chi connectivity index (χ3n) is 12.5. The average molecular weight is 768 g/mol. The second-order valence-electron chi connectivity index (χ2n) is 16.3. The Bertz CT molecular complexity index is 3510. The minimum atomic E-state index is -0.0584. The normalized spacial score (nSPS) is 13.0. The molecule has 1 aliphatic rings. The molecule has 2 aromatic heterocycles. The highest BCUT2D eigenvalue weighted by atomic mass is 16.3. The smallest absolute Gasteiger partial charge is 0.164 e. The Kier molecular flexibility index (Phi) is 7.54. The van der Waals surface area contributed by atoms with Gasteiger partial charge in [0.05, 0.1) is 0 Å². The predicted molar refractivity (Wildman–Crippen MR) is 247 cm³/mol. The zero-order chi connectivity index (χ0) is 40.0. The summed E-state index contributed by atoms with van der Waals surface area (Å²) in [7, 11) is 0. The minimum absolute atomic E-state index is 0.0584. The first kappa shape index (κ1) is 34.4. The second-order valence-corrected chi connectivity index (χ2v) is 16.3. The number of benzene rings is 9. The molecule has 2 heterocycles. The molecule has 0 radical (unpaired) electrons. The molecule has 4 nitrogen and oxygen atoms in total. The van der Waals surface area contributed by atoms with Crippen molar-refractivity contribution < 1.29 is 4.42 Å². The van der Waals surface area contributed by atoms with E-state index in [1.54, 1.807) is 0 Å². The molecular formula is C56H37N3O. The summed E-state index contributed by atoms with van der Waals surface area (Å²) in [5.74, 6) is 1.84. The van der Waals surface area contributed by atoms with E-state index in [4.69, 9.17) is 19.4 Å². The van der Waals surface area contributed by atoms with Gasteiger partial charge >= 0.3 is 0 Å². The summed E-state index contributed by atoms with van der Waals surface area (Å²) in [6.45, 7) is 4.72. The standard InChI is InChI=1S/C56H37N3O/c1-56(2)48-20-10-8-17-44(48)45-30-28-38-33-37(27-29-41(38)52(45)56)40-32-31-39(42-15-6-7-16-43(40)42)34-23-25-36(26-24-34)54-57-53(35-13-4-3-5-14-35)58-55(59-54)47-19-12-22-50-51(47)46-18-9-11-21-49(46)60-50/h3-33H,1-2H3. The van der Waals surface area contributed by atoms with E-state index in [-0.39, 0.29) is 5.41 Å². The van der Waals surface area contributed by atoms with Crippen molar-refractivity contribution in [2.75, 3.05) is 0 Å². The Morgan fingerprint density at radius 1 is 0.367 bits per heavy atom. The van der Waals surface area contributed by atoms with Gasteiger partial charge < -0.3 is 4.42 Å². The van der Waals surface area contributed by atoms with E-state index >= 15 is 0 Å². The van der Waals surface area contributed by atoms with Crippen LogP contribution in [0.15, 0.2) is 192 Å². The number of fused-ring (bicyclic) bond motifs is 9. The number of aromatic nitrogens is 3. The van der Waals surface area contributed by atoms with Crippen LogP contribution in [0.1, 0.15) is 25.0 Å². The summed E-state index contributed by atoms with van der Waals surface area (Å²) in [6, 6.07) is 66.7. The molecule has 11 aromatic rings. The van der Waals surface area contributed by atoms with E-state index in [0.29, 0.717) is 17.5 Å². The van der Waals surface area contributed by atoms with Gasteiger partial charge in [-0.25, -0.2) is 15.0 Å². The fraction of sp³-hybridized carbons (Fsp3) is 0.0536. The molecule has 4 heteroatoms. The number of furan rings is 1. The third kappa shape index (κ3) is 5.27. The highest BCUT2D eigenvalue weighted by Crippen LogP contribution is 2.51. The molecule has 0 atom stereocenters. The van der Waals surface area contributed by atoms with Crippen LogP contribution in [-0.4, -0.2) is 15.0 Å². The molecule has 0 unspecified atom stereocenters. The Hall–Kier alpha value is -7.69. The molecule has 9 aromatic carbocycles. The van der Waals surface area contributed by atoms with E-state index in [2.05, 4.69) is 141 Å². The molecule has 282 valence electrons. The molecule has 60 heavy (non-hydrogen) atoms. The van der Waals surface area contributed by atoms with Crippen LogP contribution >= 0.6 is 0 Å². The van der Waals surface area contributed by atoms with Crippen molar-refractivity contribution in [3.8, 4) is 67.5 Å². The third-order valence-corrected chi connectivity index (χ3v) is 12.5. The Morgan fingerprint density at radius 2 is 0.933 bits per heavy atom. The molecular weight excluding hydrogens is 731 g/mol. The van der Waals surface area contributed by atoms with Crippen LogP contribution < -0.4 is 0 Å². The lowest BCUT2D eigenvalue weighted by Crippen LogP contribution is -2.15. The highest BCUT2D eigenvalue weighted by molar-refractivity contribution is 6.12. The van der Waals surface area contributed by atoms with Gasteiger partial charge in [0.25, 0.3) is 0 Å². The molecule has 12 rings (SSSR count).